The normalized spacial score (nSPS) is 17.8. The van der Waals surface area contributed by atoms with Gasteiger partial charge < -0.3 is 20.5 Å². The molecule has 0 saturated heterocycles. The van der Waals surface area contributed by atoms with Crippen LogP contribution in [0.4, 0.5) is 5.69 Å². The maximum Gasteiger partial charge on any atom is 0.341 e. The molecule has 1 amide bonds. The predicted octanol–water partition coefficient (Wildman–Crippen LogP) is 1.48. The van der Waals surface area contributed by atoms with Crippen LogP contribution in [0.5, 0.6) is 5.88 Å². The van der Waals surface area contributed by atoms with Gasteiger partial charge in [-0.25, -0.2) is 9.78 Å². The highest BCUT2D eigenvalue weighted by molar-refractivity contribution is 6.38. The maximum atomic E-state index is 12.7. The minimum absolute atomic E-state index is 0.0357. The van der Waals surface area contributed by atoms with E-state index in [9.17, 15) is 14.4 Å². The van der Waals surface area contributed by atoms with Gasteiger partial charge in [-0.3, -0.25) is 9.59 Å². The van der Waals surface area contributed by atoms with E-state index in [1.165, 1.54) is 6.20 Å². The van der Waals surface area contributed by atoms with Crippen molar-refractivity contribution in [3.63, 3.8) is 0 Å². The Labute approximate surface area is 161 Å². The Morgan fingerprint density at radius 3 is 2.54 bits per heavy atom. The summed E-state index contributed by atoms with van der Waals surface area (Å²) in [5.41, 5.74) is 7.43. The van der Waals surface area contributed by atoms with Crippen LogP contribution in [0.15, 0.2) is 42.6 Å². The van der Waals surface area contributed by atoms with Crippen LogP contribution >= 0.6 is 0 Å². The summed E-state index contributed by atoms with van der Waals surface area (Å²) < 4.78 is 5.32. The highest BCUT2D eigenvalue weighted by atomic mass is 16.5. The van der Waals surface area contributed by atoms with Crippen LogP contribution in [0.1, 0.15) is 30.4 Å². The fourth-order valence-electron chi connectivity index (χ4n) is 3.68. The maximum absolute atomic E-state index is 12.7. The van der Waals surface area contributed by atoms with Crippen LogP contribution in [0.3, 0.4) is 0 Å². The zero-order valence-electron chi connectivity index (χ0n) is 15.4. The molecule has 1 aromatic carbocycles. The number of fused-ring (bicyclic) bond motifs is 1. The Kier molecular flexibility index (Phi) is 5.58. The summed E-state index contributed by atoms with van der Waals surface area (Å²) in [6, 6.07) is 11.1. The standard InChI is InChI=1S/C20H21N3O5/c1-2-13-16(18(26)19(21)27)17-14(8-9-22-20(17)28-11-15(24)25)23(13)10-12-6-4-3-5-7-12/h3-9,13,16H,2,10-11H2,1H3,(H2,21,27)(H,24,25). The molecule has 1 aliphatic heterocycles. The third kappa shape index (κ3) is 3.66. The largest absolute Gasteiger partial charge is 0.479 e. The average molecular weight is 383 g/mol. The van der Waals surface area contributed by atoms with Gasteiger partial charge in [-0.05, 0) is 18.1 Å². The number of benzene rings is 1. The Bertz CT molecular complexity index is 900. The quantitative estimate of drug-likeness (QED) is 0.662. The summed E-state index contributed by atoms with van der Waals surface area (Å²) in [6.07, 6.45) is 2.07. The van der Waals surface area contributed by atoms with E-state index >= 15 is 0 Å². The second-order valence-corrected chi connectivity index (χ2v) is 6.53. The highest BCUT2D eigenvalue weighted by Crippen LogP contribution is 2.47. The molecule has 2 atom stereocenters. The number of Topliss-reactive ketones (excluding diaryl/α,β-unsaturated/α-hetero) is 1. The molecule has 0 bridgehead atoms. The summed E-state index contributed by atoms with van der Waals surface area (Å²) in [5, 5.41) is 8.93. The molecular formula is C20H21N3O5. The number of ketones is 1. The van der Waals surface area contributed by atoms with Gasteiger partial charge in [0.2, 0.25) is 11.7 Å². The smallest absolute Gasteiger partial charge is 0.341 e. The second kappa shape index (κ2) is 8.08. The van der Waals surface area contributed by atoms with Crippen molar-refractivity contribution in [2.24, 2.45) is 5.73 Å². The van der Waals surface area contributed by atoms with Gasteiger partial charge in [0.15, 0.2) is 6.61 Å². The molecular weight excluding hydrogens is 362 g/mol. The van der Waals surface area contributed by atoms with Crippen molar-refractivity contribution in [1.82, 2.24) is 4.98 Å². The number of rotatable bonds is 8. The van der Waals surface area contributed by atoms with Crippen LogP contribution in [0, 0.1) is 0 Å². The number of ether oxygens (including phenoxy) is 1. The minimum Gasteiger partial charge on any atom is -0.479 e. The van der Waals surface area contributed by atoms with E-state index in [0.29, 0.717) is 24.2 Å². The van der Waals surface area contributed by atoms with Crippen LogP contribution in [0.25, 0.3) is 0 Å². The lowest BCUT2D eigenvalue weighted by atomic mass is 9.89. The second-order valence-electron chi connectivity index (χ2n) is 6.53. The first kappa shape index (κ1) is 19.3. The van der Waals surface area contributed by atoms with Crippen molar-refractivity contribution in [3.05, 3.63) is 53.7 Å². The van der Waals surface area contributed by atoms with Gasteiger partial charge in [-0.15, -0.1) is 0 Å². The molecule has 1 aromatic heterocycles. The third-order valence-electron chi connectivity index (χ3n) is 4.81. The van der Waals surface area contributed by atoms with Crippen LogP contribution in [-0.4, -0.2) is 40.4 Å². The first-order valence-electron chi connectivity index (χ1n) is 8.91. The molecule has 146 valence electrons. The van der Waals surface area contributed by atoms with Gasteiger partial charge in [-0.1, -0.05) is 37.3 Å². The molecule has 0 saturated carbocycles. The number of nitrogens with zero attached hydrogens (tertiary/aromatic N) is 2. The fourth-order valence-corrected chi connectivity index (χ4v) is 3.68. The van der Waals surface area contributed by atoms with Gasteiger partial charge in [0, 0.05) is 24.5 Å². The number of hydrogen-bond donors (Lipinski definition) is 2. The average Bonchev–Trinajstić information content (AvgIpc) is 3.00. The van der Waals surface area contributed by atoms with E-state index in [-0.39, 0.29) is 11.9 Å². The van der Waals surface area contributed by atoms with Gasteiger partial charge >= 0.3 is 5.97 Å². The van der Waals surface area contributed by atoms with Crippen molar-refractivity contribution in [1.29, 1.82) is 0 Å². The Morgan fingerprint density at radius 2 is 1.93 bits per heavy atom. The Hall–Kier alpha value is -3.42. The number of carbonyl (C=O) groups is 3. The van der Waals surface area contributed by atoms with E-state index in [2.05, 4.69) is 4.98 Å². The molecule has 8 heteroatoms. The SMILES string of the molecule is CCC1C(C(=O)C(N)=O)c2c(ccnc2OCC(=O)O)N1Cc1ccccc1. The number of anilines is 1. The molecule has 1 aliphatic rings. The first-order chi connectivity index (χ1) is 13.4. The lowest BCUT2D eigenvalue weighted by Gasteiger charge is -2.29. The predicted molar refractivity (Wildman–Crippen MR) is 101 cm³/mol. The number of pyridine rings is 1. The molecule has 2 heterocycles. The number of hydrogen-bond acceptors (Lipinski definition) is 6. The molecule has 0 fully saturated rings. The van der Waals surface area contributed by atoms with Gasteiger partial charge in [0.25, 0.3) is 5.91 Å². The summed E-state index contributed by atoms with van der Waals surface area (Å²) in [5.74, 6) is -3.77. The van der Waals surface area contributed by atoms with E-state index < -0.39 is 30.2 Å². The van der Waals surface area contributed by atoms with Gasteiger partial charge in [0.05, 0.1) is 11.5 Å². The number of nitrogens with two attached hydrogens (primary N) is 1. The Morgan fingerprint density at radius 1 is 1.21 bits per heavy atom. The minimum atomic E-state index is -1.16. The van der Waals surface area contributed by atoms with E-state index in [4.69, 9.17) is 15.6 Å². The molecule has 2 unspecified atom stereocenters. The monoisotopic (exact) mass is 383 g/mol. The molecule has 2 aromatic rings. The molecule has 8 nitrogen and oxygen atoms in total. The van der Waals surface area contributed by atoms with Crippen LogP contribution < -0.4 is 15.4 Å². The van der Waals surface area contributed by atoms with Crippen LogP contribution in [-0.2, 0) is 20.9 Å². The molecule has 0 aliphatic carbocycles. The summed E-state index contributed by atoms with van der Waals surface area (Å²) in [4.78, 5) is 41.4. The van der Waals surface area contributed by atoms with Crippen LogP contribution in [0.2, 0.25) is 0 Å². The fraction of sp³-hybridized carbons (Fsp3) is 0.300. The topological polar surface area (TPSA) is 123 Å². The lowest BCUT2D eigenvalue weighted by Crippen LogP contribution is -2.39. The number of carboxylic acid groups (broad SMARTS) is 1. The molecule has 0 spiro atoms. The summed E-state index contributed by atoms with van der Waals surface area (Å²) in [6.45, 7) is 1.83. The molecule has 28 heavy (non-hydrogen) atoms. The van der Waals surface area contributed by atoms with Crippen molar-refractivity contribution in [2.45, 2.75) is 31.8 Å². The molecule has 0 radical (unpaired) electrons. The van der Waals surface area contributed by atoms with E-state index in [0.717, 1.165) is 5.56 Å². The van der Waals surface area contributed by atoms with Crippen molar-refractivity contribution in [2.75, 3.05) is 11.5 Å². The number of amides is 1. The van der Waals surface area contributed by atoms with Crippen molar-refractivity contribution >= 4 is 23.3 Å². The van der Waals surface area contributed by atoms with E-state index in [1.54, 1.807) is 6.07 Å². The number of carboxylic acids is 1. The molecule has 3 N–H and O–H groups in total. The number of aliphatic carboxylic acids is 1. The van der Waals surface area contributed by atoms with E-state index in [1.807, 2.05) is 42.2 Å². The van der Waals surface area contributed by atoms with Gasteiger partial charge in [-0.2, -0.15) is 0 Å². The number of aromatic nitrogens is 1. The highest BCUT2D eigenvalue weighted by Gasteiger charge is 2.45. The van der Waals surface area contributed by atoms with Crippen molar-refractivity contribution in [3.8, 4) is 5.88 Å². The lowest BCUT2D eigenvalue weighted by molar-refractivity contribution is -0.139. The number of primary amides is 1. The first-order valence-corrected chi connectivity index (χ1v) is 8.91. The third-order valence-corrected chi connectivity index (χ3v) is 4.81. The van der Waals surface area contributed by atoms with Gasteiger partial charge in [0.1, 0.15) is 0 Å². The zero-order valence-corrected chi connectivity index (χ0v) is 15.4. The summed E-state index contributed by atoms with van der Waals surface area (Å²) >= 11 is 0. The zero-order chi connectivity index (χ0) is 20.3. The Balaban J connectivity index is 2.09. The van der Waals surface area contributed by atoms with Crippen molar-refractivity contribution < 1.29 is 24.2 Å². The molecule has 3 rings (SSSR count). The number of carbonyl (C=O) groups excluding carboxylic acids is 2. The summed E-state index contributed by atoms with van der Waals surface area (Å²) in [7, 11) is 0.